The van der Waals surface area contributed by atoms with Gasteiger partial charge in [-0.05, 0) is 43.2 Å². The van der Waals surface area contributed by atoms with Crippen molar-refractivity contribution in [3.63, 3.8) is 0 Å². The smallest absolute Gasteiger partial charge is 0.305 e. The Kier molecular flexibility index (Phi) is 6.34. The van der Waals surface area contributed by atoms with Crippen molar-refractivity contribution in [2.45, 2.75) is 32.9 Å². The minimum absolute atomic E-state index is 0.177. The number of nitrogens with one attached hydrogen (secondary N) is 1. The summed E-state index contributed by atoms with van der Waals surface area (Å²) < 4.78 is 7.39. The van der Waals surface area contributed by atoms with Gasteiger partial charge in [-0.25, -0.2) is 0 Å². The van der Waals surface area contributed by atoms with Gasteiger partial charge in [0.05, 0.1) is 19.1 Å². The highest BCUT2D eigenvalue weighted by atomic mass is 16.5. The molecule has 29 heavy (non-hydrogen) atoms. The van der Waals surface area contributed by atoms with Crippen molar-refractivity contribution in [3.8, 4) is 0 Å². The fourth-order valence-electron chi connectivity index (χ4n) is 3.62. The Labute approximate surface area is 170 Å². The third kappa shape index (κ3) is 4.49. The van der Waals surface area contributed by atoms with Gasteiger partial charge in [-0.1, -0.05) is 30.3 Å². The SMILES string of the molecule is COCCn1c(C)c(C)c2cc(C(=O)NC(CC(=O)O)c3ccccc3)ccc21. The second-order valence-electron chi connectivity index (χ2n) is 7.12. The largest absolute Gasteiger partial charge is 0.481 e. The molecule has 1 amide bonds. The van der Waals surface area contributed by atoms with E-state index in [2.05, 4.69) is 16.8 Å². The van der Waals surface area contributed by atoms with Crippen LogP contribution in [0.4, 0.5) is 0 Å². The second kappa shape index (κ2) is 8.92. The zero-order valence-electron chi connectivity index (χ0n) is 16.9. The normalized spacial score (nSPS) is 12.1. The molecule has 0 fully saturated rings. The first-order valence-electron chi connectivity index (χ1n) is 9.58. The Balaban J connectivity index is 1.90. The quantitative estimate of drug-likeness (QED) is 0.608. The number of carboxylic acid groups (broad SMARTS) is 1. The van der Waals surface area contributed by atoms with E-state index in [0.717, 1.165) is 34.3 Å². The highest BCUT2D eigenvalue weighted by Crippen LogP contribution is 2.27. The van der Waals surface area contributed by atoms with Gasteiger partial charge in [0.2, 0.25) is 0 Å². The maximum absolute atomic E-state index is 12.9. The molecule has 0 spiro atoms. The Hall–Kier alpha value is -3.12. The summed E-state index contributed by atoms with van der Waals surface area (Å²) in [5.41, 5.74) is 4.59. The molecule has 0 bridgehead atoms. The number of fused-ring (bicyclic) bond motifs is 1. The lowest BCUT2D eigenvalue weighted by Crippen LogP contribution is -2.30. The van der Waals surface area contributed by atoms with E-state index in [-0.39, 0.29) is 12.3 Å². The lowest BCUT2D eigenvalue weighted by Gasteiger charge is -2.17. The van der Waals surface area contributed by atoms with E-state index in [1.165, 1.54) is 0 Å². The van der Waals surface area contributed by atoms with Gasteiger partial charge in [-0.3, -0.25) is 9.59 Å². The lowest BCUT2D eigenvalue weighted by atomic mass is 10.0. The van der Waals surface area contributed by atoms with Gasteiger partial charge in [0, 0.05) is 35.8 Å². The van der Waals surface area contributed by atoms with E-state index in [0.29, 0.717) is 12.2 Å². The van der Waals surface area contributed by atoms with Crippen molar-refractivity contribution in [1.82, 2.24) is 9.88 Å². The minimum atomic E-state index is -0.962. The maximum atomic E-state index is 12.9. The molecule has 1 atom stereocenters. The average molecular weight is 394 g/mol. The number of rotatable bonds is 8. The van der Waals surface area contributed by atoms with Crippen LogP contribution in [0.25, 0.3) is 10.9 Å². The fraction of sp³-hybridized carbons (Fsp3) is 0.304. The van der Waals surface area contributed by atoms with Gasteiger partial charge in [0.15, 0.2) is 0 Å². The molecule has 0 aliphatic rings. The van der Waals surface area contributed by atoms with Crippen LogP contribution < -0.4 is 5.32 Å². The van der Waals surface area contributed by atoms with Gasteiger partial charge >= 0.3 is 5.97 Å². The van der Waals surface area contributed by atoms with Gasteiger partial charge in [0.25, 0.3) is 5.91 Å². The molecule has 6 nitrogen and oxygen atoms in total. The predicted molar refractivity (Wildman–Crippen MR) is 112 cm³/mol. The number of hydrogen-bond donors (Lipinski definition) is 2. The summed E-state index contributed by atoms with van der Waals surface area (Å²) >= 11 is 0. The maximum Gasteiger partial charge on any atom is 0.305 e. The molecule has 0 radical (unpaired) electrons. The number of aryl methyl sites for hydroxylation is 1. The van der Waals surface area contributed by atoms with Crippen molar-refractivity contribution in [1.29, 1.82) is 0 Å². The number of benzene rings is 2. The number of amides is 1. The summed E-state index contributed by atoms with van der Waals surface area (Å²) in [5, 5.41) is 13.1. The lowest BCUT2D eigenvalue weighted by molar-refractivity contribution is -0.137. The third-order valence-corrected chi connectivity index (χ3v) is 5.31. The molecule has 1 aromatic heterocycles. The van der Waals surface area contributed by atoms with Crippen LogP contribution in [0.3, 0.4) is 0 Å². The molecule has 0 saturated heterocycles. The number of aromatic nitrogens is 1. The minimum Gasteiger partial charge on any atom is -0.481 e. The number of carbonyl (C=O) groups excluding carboxylic acids is 1. The van der Waals surface area contributed by atoms with Crippen LogP contribution in [0.1, 0.15) is 39.6 Å². The van der Waals surface area contributed by atoms with Crippen LogP contribution in [0, 0.1) is 13.8 Å². The molecule has 0 saturated carbocycles. The Morgan fingerprint density at radius 1 is 1.14 bits per heavy atom. The van der Waals surface area contributed by atoms with Crippen LogP contribution in [-0.2, 0) is 16.1 Å². The van der Waals surface area contributed by atoms with Gasteiger partial charge in [-0.15, -0.1) is 0 Å². The van der Waals surface area contributed by atoms with E-state index in [1.807, 2.05) is 49.4 Å². The zero-order valence-corrected chi connectivity index (χ0v) is 16.9. The number of carboxylic acids is 1. The first-order valence-corrected chi connectivity index (χ1v) is 9.58. The van der Waals surface area contributed by atoms with Crippen LogP contribution in [0.5, 0.6) is 0 Å². The molecule has 0 aliphatic heterocycles. The van der Waals surface area contributed by atoms with Gasteiger partial charge in [0.1, 0.15) is 0 Å². The van der Waals surface area contributed by atoms with Gasteiger partial charge in [-0.2, -0.15) is 0 Å². The van der Waals surface area contributed by atoms with E-state index < -0.39 is 12.0 Å². The zero-order chi connectivity index (χ0) is 21.0. The highest BCUT2D eigenvalue weighted by molar-refractivity contribution is 5.99. The van der Waals surface area contributed by atoms with Crippen molar-refractivity contribution in [3.05, 3.63) is 70.9 Å². The standard InChI is InChI=1S/C23H26N2O4/c1-15-16(2)25(11-12-29-3)21-10-9-18(13-19(15)21)23(28)24-20(14-22(26)27)17-7-5-4-6-8-17/h4-10,13,20H,11-12,14H2,1-3H3,(H,24,28)(H,26,27). The monoisotopic (exact) mass is 394 g/mol. The summed E-state index contributed by atoms with van der Waals surface area (Å²) in [6.07, 6.45) is -0.177. The molecule has 2 aromatic carbocycles. The molecule has 1 heterocycles. The van der Waals surface area contributed by atoms with E-state index in [9.17, 15) is 14.7 Å². The Bertz CT molecular complexity index is 1020. The molecule has 3 rings (SSSR count). The first kappa shape index (κ1) is 20.6. The third-order valence-electron chi connectivity index (χ3n) is 5.31. The number of methoxy groups -OCH3 is 1. The molecule has 3 aromatic rings. The van der Waals surface area contributed by atoms with Crippen LogP contribution >= 0.6 is 0 Å². The number of ether oxygens (including phenoxy) is 1. The summed E-state index contributed by atoms with van der Waals surface area (Å²) in [6, 6.07) is 14.2. The van der Waals surface area contributed by atoms with Crippen LogP contribution in [0.2, 0.25) is 0 Å². The topological polar surface area (TPSA) is 80.6 Å². The number of nitrogens with zero attached hydrogens (tertiary/aromatic N) is 1. The fourth-order valence-corrected chi connectivity index (χ4v) is 3.62. The number of carbonyl (C=O) groups is 2. The van der Waals surface area contributed by atoms with E-state index in [1.54, 1.807) is 13.2 Å². The van der Waals surface area contributed by atoms with Crippen molar-refractivity contribution >= 4 is 22.8 Å². The Morgan fingerprint density at radius 2 is 1.86 bits per heavy atom. The molecule has 6 heteroatoms. The van der Waals surface area contributed by atoms with Crippen molar-refractivity contribution in [2.75, 3.05) is 13.7 Å². The molecule has 1 unspecified atom stereocenters. The molecule has 152 valence electrons. The number of aliphatic carboxylic acids is 1. The summed E-state index contributed by atoms with van der Waals surface area (Å²) in [6.45, 7) is 5.45. The molecule has 2 N–H and O–H groups in total. The van der Waals surface area contributed by atoms with E-state index >= 15 is 0 Å². The predicted octanol–water partition coefficient (Wildman–Crippen LogP) is 3.85. The summed E-state index contributed by atoms with van der Waals surface area (Å²) in [5.74, 6) is -1.25. The van der Waals surface area contributed by atoms with Crippen molar-refractivity contribution in [2.24, 2.45) is 0 Å². The average Bonchev–Trinajstić information content (AvgIpc) is 2.96. The van der Waals surface area contributed by atoms with Crippen molar-refractivity contribution < 1.29 is 19.4 Å². The number of hydrogen-bond acceptors (Lipinski definition) is 3. The summed E-state index contributed by atoms with van der Waals surface area (Å²) in [4.78, 5) is 24.2. The Morgan fingerprint density at radius 3 is 2.52 bits per heavy atom. The summed E-state index contributed by atoms with van der Waals surface area (Å²) in [7, 11) is 1.68. The second-order valence-corrected chi connectivity index (χ2v) is 7.12. The molecule has 0 aliphatic carbocycles. The first-order chi connectivity index (χ1) is 13.9. The van der Waals surface area contributed by atoms with Crippen LogP contribution in [-0.4, -0.2) is 35.3 Å². The highest BCUT2D eigenvalue weighted by Gasteiger charge is 2.20. The molecular formula is C23H26N2O4. The van der Waals surface area contributed by atoms with E-state index in [4.69, 9.17) is 4.74 Å². The van der Waals surface area contributed by atoms with Gasteiger partial charge < -0.3 is 19.7 Å². The molecular weight excluding hydrogens is 368 g/mol. The van der Waals surface area contributed by atoms with Crippen LogP contribution in [0.15, 0.2) is 48.5 Å².